The lowest BCUT2D eigenvalue weighted by molar-refractivity contribution is -0.146. The molecular formula is C10H12N2O3. The lowest BCUT2D eigenvalue weighted by atomic mass is 9.97. The van der Waals surface area contributed by atoms with Crippen LogP contribution >= 0.6 is 0 Å². The van der Waals surface area contributed by atoms with Gasteiger partial charge in [0.25, 0.3) is 5.91 Å². The molecule has 2 heterocycles. The summed E-state index contributed by atoms with van der Waals surface area (Å²) in [5.74, 6) is -1.40. The number of aromatic nitrogens is 2. The van der Waals surface area contributed by atoms with E-state index in [9.17, 15) is 9.59 Å². The lowest BCUT2D eigenvalue weighted by Crippen LogP contribution is -2.35. The molecule has 0 saturated carbocycles. The van der Waals surface area contributed by atoms with Crippen LogP contribution in [-0.4, -0.2) is 28.3 Å². The van der Waals surface area contributed by atoms with Crippen molar-refractivity contribution >= 4 is 11.9 Å². The molecule has 0 saturated heterocycles. The molecule has 0 amide bonds. The van der Waals surface area contributed by atoms with Crippen LogP contribution in [0.25, 0.3) is 0 Å². The van der Waals surface area contributed by atoms with Gasteiger partial charge in [-0.3, -0.25) is 9.59 Å². The number of aryl methyl sites for hydroxylation is 1. The molecule has 0 bridgehead atoms. The summed E-state index contributed by atoms with van der Waals surface area (Å²) in [5.41, 5.74) is 0.862. The fraction of sp³-hybridized carbons (Fsp3) is 0.500. The molecule has 1 unspecified atom stereocenters. The molecule has 1 aliphatic heterocycles. The van der Waals surface area contributed by atoms with Gasteiger partial charge < -0.3 is 4.74 Å². The van der Waals surface area contributed by atoms with Gasteiger partial charge >= 0.3 is 5.97 Å². The second-order valence-electron chi connectivity index (χ2n) is 3.42. The largest absolute Gasteiger partial charge is 0.465 e. The van der Waals surface area contributed by atoms with E-state index in [1.807, 2.05) is 0 Å². The average molecular weight is 208 g/mol. The topological polar surface area (TPSA) is 61.2 Å². The van der Waals surface area contributed by atoms with Crippen LogP contribution in [0.2, 0.25) is 0 Å². The predicted octanol–water partition coefficient (Wildman–Crippen LogP) is 0.649. The van der Waals surface area contributed by atoms with E-state index in [0.717, 1.165) is 5.69 Å². The van der Waals surface area contributed by atoms with Crippen molar-refractivity contribution in [1.29, 1.82) is 0 Å². The van der Waals surface area contributed by atoms with Crippen molar-refractivity contribution in [3.8, 4) is 0 Å². The maximum absolute atomic E-state index is 11.8. The lowest BCUT2D eigenvalue weighted by Gasteiger charge is -2.19. The van der Waals surface area contributed by atoms with Crippen LogP contribution in [0, 0.1) is 5.92 Å². The number of hydrogen-bond donors (Lipinski definition) is 0. The first-order valence-corrected chi connectivity index (χ1v) is 4.97. The minimum atomic E-state index is -0.683. The van der Waals surface area contributed by atoms with Crippen molar-refractivity contribution in [2.75, 3.05) is 6.61 Å². The van der Waals surface area contributed by atoms with Gasteiger partial charge in [-0.1, -0.05) is 0 Å². The van der Waals surface area contributed by atoms with Crippen molar-refractivity contribution < 1.29 is 14.3 Å². The third-order valence-electron chi connectivity index (χ3n) is 2.49. The minimum Gasteiger partial charge on any atom is -0.465 e. The molecule has 2 rings (SSSR count). The highest BCUT2D eigenvalue weighted by Gasteiger charge is 2.34. The first-order valence-electron chi connectivity index (χ1n) is 4.97. The summed E-state index contributed by atoms with van der Waals surface area (Å²) in [6.07, 6.45) is 2.78. The van der Waals surface area contributed by atoms with Crippen molar-refractivity contribution in [2.24, 2.45) is 5.92 Å². The molecular weight excluding hydrogens is 196 g/mol. The van der Waals surface area contributed by atoms with Crippen LogP contribution in [0.1, 0.15) is 23.8 Å². The molecule has 1 aromatic heterocycles. The molecule has 1 aromatic rings. The monoisotopic (exact) mass is 208 g/mol. The van der Waals surface area contributed by atoms with Crippen LogP contribution in [-0.2, 0) is 16.0 Å². The highest BCUT2D eigenvalue weighted by molar-refractivity contribution is 5.99. The first-order chi connectivity index (χ1) is 7.24. The molecule has 5 heteroatoms. The third kappa shape index (κ3) is 1.65. The Morgan fingerprint density at radius 3 is 3.27 bits per heavy atom. The van der Waals surface area contributed by atoms with Crippen LogP contribution in [0.15, 0.2) is 12.3 Å². The smallest absolute Gasteiger partial charge is 0.318 e. The summed E-state index contributed by atoms with van der Waals surface area (Å²) < 4.78 is 6.14. The van der Waals surface area contributed by atoms with Crippen LogP contribution < -0.4 is 0 Å². The van der Waals surface area contributed by atoms with Gasteiger partial charge in [-0.2, -0.15) is 5.10 Å². The summed E-state index contributed by atoms with van der Waals surface area (Å²) in [6, 6.07) is 1.79. The zero-order valence-electron chi connectivity index (χ0n) is 8.47. The maximum Gasteiger partial charge on any atom is 0.318 e. The number of nitrogens with zero attached hydrogens (tertiary/aromatic N) is 2. The number of carbonyl (C=O) groups excluding carboxylic acids is 2. The Balaban J connectivity index is 2.20. The fourth-order valence-corrected chi connectivity index (χ4v) is 1.74. The zero-order chi connectivity index (χ0) is 10.8. The van der Waals surface area contributed by atoms with E-state index in [2.05, 4.69) is 5.10 Å². The van der Waals surface area contributed by atoms with Gasteiger partial charge in [0.1, 0.15) is 5.92 Å². The number of carbonyl (C=O) groups is 2. The predicted molar refractivity (Wildman–Crippen MR) is 51.3 cm³/mol. The van der Waals surface area contributed by atoms with Gasteiger partial charge in [-0.15, -0.1) is 0 Å². The van der Waals surface area contributed by atoms with E-state index in [-0.39, 0.29) is 5.91 Å². The van der Waals surface area contributed by atoms with Gasteiger partial charge in [0, 0.05) is 11.9 Å². The van der Waals surface area contributed by atoms with E-state index in [4.69, 9.17) is 4.74 Å². The molecule has 1 atom stereocenters. The summed E-state index contributed by atoms with van der Waals surface area (Å²) in [5, 5.41) is 3.89. The molecule has 0 radical (unpaired) electrons. The Kier molecular flexibility index (Phi) is 2.53. The van der Waals surface area contributed by atoms with E-state index >= 15 is 0 Å². The van der Waals surface area contributed by atoms with Crippen molar-refractivity contribution in [3.05, 3.63) is 18.0 Å². The quantitative estimate of drug-likeness (QED) is 0.528. The second-order valence-corrected chi connectivity index (χ2v) is 3.42. The van der Waals surface area contributed by atoms with Crippen LogP contribution in [0.3, 0.4) is 0 Å². The number of ether oxygens (including phenoxy) is 1. The summed E-state index contributed by atoms with van der Waals surface area (Å²) in [4.78, 5) is 23.2. The normalized spacial score (nSPS) is 19.8. The maximum atomic E-state index is 11.8. The molecule has 5 nitrogen and oxygen atoms in total. The average Bonchev–Trinajstić information content (AvgIpc) is 2.67. The molecule has 1 aliphatic rings. The summed E-state index contributed by atoms with van der Waals surface area (Å²) in [6.45, 7) is 2.03. The molecule has 80 valence electrons. The van der Waals surface area contributed by atoms with Crippen molar-refractivity contribution in [1.82, 2.24) is 9.78 Å². The molecule has 15 heavy (non-hydrogen) atoms. The molecule has 0 aliphatic carbocycles. The van der Waals surface area contributed by atoms with Crippen LogP contribution in [0.4, 0.5) is 0 Å². The highest BCUT2D eigenvalue weighted by Crippen LogP contribution is 2.20. The molecule has 0 aromatic carbocycles. The van der Waals surface area contributed by atoms with E-state index in [1.165, 1.54) is 4.68 Å². The minimum absolute atomic E-state index is 0.278. The Hall–Kier alpha value is -1.65. The van der Waals surface area contributed by atoms with Gasteiger partial charge in [-0.05, 0) is 25.8 Å². The van der Waals surface area contributed by atoms with E-state index < -0.39 is 11.9 Å². The van der Waals surface area contributed by atoms with Gasteiger partial charge in [-0.25, -0.2) is 4.68 Å². The zero-order valence-corrected chi connectivity index (χ0v) is 8.47. The summed E-state index contributed by atoms with van der Waals surface area (Å²) >= 11 is 0. The van der Waals surface area contributed by atoms with E-state index in [1.54, 1.807) is 19.2 Å². The second kappa shape index (κ2) is 3.84. The summed E-state index contributed by atoms with van der Waals surface area (Å²) in [7, 11) is 0. The Bertz CT molecular complexity index is 397. The van der Waals surface area contributed by atoms with E-state index in [0.29, 0.717) is 19.4 Å². The number of rotatable bonds is 2. The molecule has 0 fully saturated rings. The van der Waals surface area contributed by atoms with Crippen molar-refractivity contribution in [3.63, 3.8) is 0 Å². The van der Waals surface area contributed by atoms with Crippen molar-refractivity contribution in [2.45, 2.75) is 19.8 Å². The van der Waals surface area contributed by atoms with Gasteiger partial charge in [0.15, 0.2) is 0 Å². The SMILES string of the molecule is CCOC(=O)C1CCc2ccnn2C1=O. The first kappa shape index (κ1) is 9.89. The fourth-order valence-electron chi connectivity index (χ4n) is 1.74. The highest BCUT2D eigenvalue weighted by atomic mass is 16.5. The number of hydrogen-bond acceptors (Lipinski definition) is 4. The van der Waals surface area contributed by atoms with Gasteiger partial charge in [0.05, 0.1) is 6.61 Å². The Morgan fingerprint density at radius 2 is 2.53 bits per heavy atom. The number of fused-ring (bicyclic) bond motifs is 1. The molecule has 0 N–H and O–H groups in total. The standard InChI is InChI=1S/C10H12N2O3/c1-2-15-10(14)8-4-3-7-5-6-11-12(7)9(8)13/h5-6,8H,2-4H2,1H3. The third-order valence-corrected chi connectivity index (χ3v) is 2.49. The van der Waals surface area contributed by atoms with Gasteiger partial charge in [0.2, 0.25) is 0 Å². The Morgan fingerprint density at radius 1 is 1.73 bits per heavy atom. The van der Waals surface area contributed by atoms with Crippen LogP contribution in [0.5, 0.6) is 0 Å². The Labute approximate surface area is 87.0 Å². The number of esters is 1. The molecule has 0 spiro atoms.